The largest absolute Gasteiger partial charge is 0.494 e. The predicted octanol–water partition coefficient (Wildman–Crippen LogP) is 2.48. The Hall–Kier alpha value is -1.06. The third-order valence-electron chi connectivity index (χ3n) is 3.45. The minimum absolute atomic E-state index is 0.119. The Morgan fingerprint density at radius 2 is 2.28 bits per heavy atom. The van der Waals surface area contributed by atoms with E-state index in [1.165, 1.54) is 12.0 Å². The van der Waals surface area contributed by atoms with E-state index in [0.29, 0.717) is 12.6 Å². The van der Waals surface area contributed by atoms with Gasteiger partial charge in [0.15, 0.2) is 0 Å². The molecule has 2 rings (SSSR count). The molecule has 1 aliphatic rings. The first-order chi connectivity index (χ1) is 8.78. The Morgan fingerprint density at radius 1 is 1.39 bits per heavy atom. The van der Waals surface area contributed by atoms with Crippen molar-refractivity contribution < 1.29 is 9.84 Å². The van der Waals surface area contributed by atoms with Crippen molar-refractivity contribution >= 4 is 0 Å². The second-order valence-electron chi connectivity index (χ2n) is 4.98. The molecule has 1 aromatic rings. The molecule has 2 atom stereocenters. The van der Waals surface area contributed by atoms with Crippen molar-refractivity contribution in [3.63, 3.8) is 0 Å². The van der Waals surface area contributed by atoms with E-state index in [-0.39, 0.29) is 6.10 Å². The molecule has 1 aliphatic carbocycles. The van der Waals surface area contributed by atoms with E-state index in [1.807, 2.05) is 19.1 Å². The van der Waals surface area contributed by atoms with E-state index in [9.17, 15) is 5.11 Å². The van der Waals surface area contributed by atoms with Gasteiger partial charge in [-0.05, 0) is 50.3 Å². The first kappa shape index (κ1) is 13.4. The Balaban J connectivity index is 1.83. The first-order valence-electron chi connectivity index (χ1n) is 6.91. The standard InChI is InChI=1S/C15H23NO2/c1-2-18-15-8-3-5-12(9-15)11-16-13-6-4-7-14(17)10-13/h3,5,8-9,13-14,16-17H,2,4,6-7,10-11H2,1H3. The second-order valence-corrected chi connectivity index (χ2v) is 4.98. The molecule has 0 spiro atoms. The molecule has 0 bridgehead atoms. The summed E-state index contributed by atoms with van der Waals surface area (Å²) in [4.78, 5) is 0. The van der Waals surface area contributed by atoms with Gasteiger partial charge in [0.2, 0.25) is 0 Å². The minimum atomic E-state index is -0.119. The van der Waals surface area contributed by atoms with Crippen LogP contribution in [0.5, 0.6) is 5.75 Å². The first-order valence-corrected chi connectivity index (χ1v) is 6.91. The van der Waals surface area contributed by atoms with Crippen molar-refractivity contribution in [3.05, 3.63) is 29.8 Å². The van der Waals surface area contributed by atoms with Crippen LogP contribution < -0.4 is 10.1 Å². The smallest absolute Gasteiger partial charge is 0.119 e. The van der Waals surface area contributed by atoms with E-state index in [1.54, 1.807) is 0 Å². The van der Waals surface area contributed by atoms with Gasteiger partial charge in [-0.25, -0.2) is 0 Å². The van der Waals surface area contributed by atoms with Gasteiger partial charge in [0, 0.05) is 12.6 Å². The maximum atomic E-state index is 9.63. The van der Waals surface area contributed by atoms with E-state index >= 15 is 0 Å². The molecular formula is C15H23NO2. The number of aliphatic hydroxyl groups excluding tert-OH is 1. The van der Waals surface area contributed by atoms with E-state index in [0.717, 1.165) is 31.6 Å². The summed E-state index contributed by atoms with van der Waals surface area (Å²) in [6, 6.07) is 8.64. The highest BCUT2D eigenvalue weighted by atomic mass is 16.5. The molecule has 3 heteroatoms. The van der Waals surface area contributed by atoms with Gasteiger partial charge in [0.05, 0.1) is 12.7 Å². The molecule has 0 amide bonds. The quantitative estimate of drug-likeness (QED) is 0.842. The van der Waals surface area contributed by atoms with E-state index in [2.05, 4.69) is 17.4 Å². The molecule has 1 fully saturated rings. The fourth-order valence-corrected chi connectivity index (χ4v) is 2.52. The van der Waals surface area contributed by atoms with Gasteiger partial charge in [0.25, 0.3) is 0 Å². The third kappa shape index (κ3) is 4.00. The van der Waals surface area contributed by atoms with Gasteiger partial charge in [-0.3, -0.25) is 0 Å². The summed E-state index contributed by atoms with van der Waals surface area (Å²) in [5, 5.41) is 13.2. The third-order valence-corrected chi connectivity index (χ3v) is 3.45. The Labute approximate surface area is 109 Å². The second kappa shape index (κ2) is 6.76. The number of aliphatic hydroxyl groups is 1. The predicted molar refractivity (Wildman–Crippen MR) is 72.7 cm³/mol. The van der Waals surface area contributed by atoms with Gasteiger partial charge in [-0.15, -0.1) is 0 Å². The van der Waals surface area contributed by atoms with Crippen molar-refractivity contribution in [2.45, 2.75) is 51.3 Å². The van der Waals surface area contributed by atoms with Crippen LogP contribution in [0.3, 0.4) is 0 Å². The van der Waals surface area contributed by atoms with Crippen LogP contribution in [-0.4, -0.2) is 23.9 Å². The van der Waals surface area contributed by atoms with Crippen LogP contribution in [0.4, 0.5) is 0 Å². The Kier molecular flexibility index (Phi) is 5.02. The monoisotopic (exact) mass is 249 g/mol. The average molecular weight is 249 g/mol. The molecule has 3 nitrogen and oxygen atoms in total. The van der Waals surface area contributed by atoms with Crippen molar-refractivity contribution in [1.82, 2.24) is 5.32 Å². The molecule has 0 aromatic heterocycles. The summed E-state index contributed by atoms with van der Waals surface area (Å²) in [6.07, 6.45) is 4.01. The Bertz CT molecular complexity index is 367. The molecule has 100 valence electrons. The zero-order chi connectivity index (χ0) is 12.8. The zero-order valence-corrected chi connectivity index (χ0v) is 11.1. The SMILES string of the molecule is CCOc1cccc(CNC2CCCC(O)C2)c1. The number of nitrogens with one attached hydrogen (secondary N) is 1. The Morgan fingerprint density at radius 3 is 3.06 bits per heavy atom. The van der Waals surface area contributed by atoms with Crippen molar-refractivity contribution in [3.8, 4) is 5.75 Å². The van der Waals surface area contributed by atoms with Crippen LogP contribution in [0.25, 0.3) is 0 Å². The van der Waals surface area contributed by atoms with Crippen molar-refractivity contribution in [1.29, 1.82) is 0 Å². The number of rotatable bonds is 5. The van der Waals surface area contributed by atoms with Crippen LogP contribution in [0.2, 0.25) is 0 Å². The maximum Gasteiger partial charge on any atom is 0.119 e. The molecular weight excluding hydrogens is 226 g/mol. The van der Waals surface area contributed by atoms with Crippen LogP contribution in [0.1, 0.15) is 38.2 Å². The molecule has 18 heavy (non-hydrogen) atoms. The van der Waals surface area contributed by atoms with Gasteiger partial charge in [0.1, 0.15) is 5.75 Å². The van der Waals surface area contributed by atoms with Gasteiger partial charge in [-0.1, -0.05) is 12.1 Å². The topological polar surface area (TPSA) is 41.5 Å². The fourth-order valence-electron chi connectivity index (χ4n) is 2.52. The van der Waals surface area contributed by atoms with Crippen LogP contribution in [0.15, 0.2) is 24.3 Å². The zero-order valence-electron chi connectivity index (χ0n) is 11.1. The van der Waals surface area contributed by atoms with Gasteiger partial charge in [-0.2, -0.15) is 0 Å². The molecule has 1 aromatic carbocycles. The average Bonchev–Trinajstić information content (AvgIpc) is 2.37. The van der Waals surface area contributed by atoms with Crippen LogP contribution >= 0.6 is 0 Å². The summed E-state index contributed by atoms with van der Waals surface area (Å²) in [7, 11) is 0. The molecule has 0 radical (unpaired) electrons. The number of hydrogen-bond acceptors (Lipinski definition) is 3. The maximum absolute atomic E-state index is 9.63. The summed E-state index contributed by atoms with van der Waals surface area (Å²) in [5.74, 6) is 0.931. The van der Waals surface area contributed by atoms with Crippen molar-refractivity contribution in [2.24, 2.45) is 0 Å². The normalized spacial score (nSPS) is 23.9. The lowest BCUT2D eigenvalue weighted by molar-refractivity contribution is 0.111. The number of hydrogen-bond donors (Lipinski definition) is 2. The molecule has 2 unspecified atom stereocenters. The molecule has 0 heterocycles. The van der Waals surface area contributed by atoms with Crippen LogP contribution in [-0.2, 0) is 6.54 Å². The lowest BCUT2D eigenvalue weighted by atomic mass is 9.93. The lowest BCUT2D eigenvalue weighted by Crippen LogP contribution is -2.35. The lowest BCUT2D eigenvalue weighted by Gasteiger charge is -2.26. The molecule has 0 saturated heterocycles. The van der Waals surface area contributed by atoms with Gasteiger partial charge < -0.3 is 15.2 Å². The summed E-state index contributed by atoms with van der Waals surface area (Å²) in [6.45, 7) is 3.54. The summed E-state index contributed by atoms with van der Waals surface area (Å²) < 4.78 is 5.49. The molecule has 2 N–H and O–H groups in total. The van der Waals surface area contributed by atoms with E-state index in [4.69, 9.17) is 4.74 Å². The summed E-state index contributed by atoms with van der Waals surface area (Å²) >= 11 is 0. The minimum Gasteiger partial charge on any atom is -0.494 e. The molecule has 0 aliphatic heterocycles. The van der Waals surface area contributed by atoms with E-state index < -0.39 is 0 Å². The highest BCUT2D eigenvalue weighted by Gasteiger charge is 2.19. The van der Waals surface area contributed by atoms with Crippen molar-refractivity contribution in [2.75, 3.05) is 6.61 Å². The number of benzene rings is 1. The van der Waals surface area contributed by atoms with Crippen LogP contribution in [0, 0.1) is 0 Å². The number of ether oxygens (including phenoxy) is 1. The molecule has 1 saturated carbocycles. The van der Waals surface area contributed by atoms with Gasteiger partial charge >= 0.3 is 0 Å². The summed E-state index contributed by atoms with van der Waals surface area (Å²) in [5.41, 5.74) is 1.24. The fraction of sp³-hybridized carbons (Fsp3) is 0.600. The highest BCUT2D eigenvalue weighted by Crippen LogP contribution is 2.19. The highest BCUT2D eigenvalue weighted by molar-refractivity contribution is 5.28.